The van der Waals surface area contributed by atoms with Crippen molar-refractivity contribution in [1.29, 1.82) is 5.26 Å². The maximum Gasteiger partial charge on any atom is 0.254 e. The van der Waals surface area contributed by atoms with Gasteiger partial charge in [-0.25, -0.2) is 4.98 Å². The quantitative estimate of drug-likeness (QED) is 0.460. The third-order valence-electron chi connectivity index (χ3n) is 4.78. The molecular formula is C23H19N5O3S2. The fourth-order valence-corrected chi connectivity index (χ4v) is 4.80. The summed E-state index contributed by atoms with van der Waals surface area (Å²) in [6.07, 6.45) is 3.11. The van der Waals surface area contributed by atoms with Gasteiger partial charge < -0.3 is 20.4 Å². The van der Waals surface area contributed by atoms with Crippen LogP contribution in [-0.2, 0) is 9.59 Å². The molecule has 1 aliphatic rings. The van der Waals surface area contributed by atoms with Crippen LogP contribution >= 0.6 is 23.1 Å². The Kier molecular flexibility index (Phi) is 6.92. The molecule has 0 spiro atoms. The van der Waals surface area contributed by atoms with Crippen molar-refractivity contribution in [1.82, 2.24) is 10.3 Å². The molecule has 1 unspecified atom stereocenters. The zero-order valence-corrected chi connectivity index (χ0v) is 19.1. The van der Waals surface area contributed by atoms with Gasteiger partial charge in [-0.1, -0.05) is 30.0 Å². The van der Waals surface area contributed by atoms with E-state index in [0.717, 1.165) is 0 Å². The molecule has 8 nitrogen and oxygen atoms in total. The maximum atomic E-state index is 13.2. The van der Waals surface area contributed by atoms with Gasteiger partial charge in [0.15, 0.2) is 5.13 Å². The molecule has 3 N–H and O–H groups in total. The van der Waals surface area contributed by atoms with Crippen LogP contribution in [0.4, 0.5) is 10.8 Å². The number of allylic oxidation sites excluding steroid dienone is 2. The molecule has 0 saturated carbocycles. The van der Waals surface area contributed by atoms with Gasteiger partial charge >= 0.3 is 0 Å². The lowest BCUT2D eigenvalue weighted by molar-refractivity contribution is -0.114. The number of nitrogens with one attached hydrogen (secondary N) is 3. The Morgan fingerprint density at radius 3 is 2.73 bits per heavy atom. The second-order valence-electron chi connectivity index (χ2n) is 6.96. The summed E-state index contributed by atoms with van der Waals surface area (Å²) in [6, 6.07) is 14.7. The molecule has 0 aliphatic carbocycles. The second kappa shape index (κ2) is 10.2. The molecule has 1 aliphatic heterocycles. The van der Waals surface area contributed by atoms with Crippen molar-refractivity contribution in [3.05, 3.63) is 87.9 Å². The molecular weight excluding hydrogens is 458 g/mol. The number of thiazole rings is 1. The largest absolute Gasteiger partial charge is 0.468 e. The normalized spacial score (nSPS) is 15.6. The molecule has 0 saturated heterocycles. The molecule has 4 rings (SSSR count). The first-order valence-electron chi connectivity index (χ1n) is 9.91. The topological polar surface area (TPSA) is 120 Å². The van der Waals surface area contributed by atoms with Gasteiger partial charge in [-0.15, -0.1) is 11.3 Å². The molecule has 2 amide bonds. The smallest absolute Gasteiger partial charge is 0.254 e. The van der Waals surface area contributed by atoms with E-state index < -0.39 is 5.92 Å². The van der Waals surface area contributed by atoms with Crippen LogP contribution in [0.15, 0.2) is 86.6 Å². The number of furan rings is 1. The van der Waals surface area contributed by atoms with E-state index in [1.807, 2.05) is 18.2 Å². The number of amides is 2. The molecule has 166 valence electrons. The number of dihydropyridines is 1. The van der Waals surface area contributed by atoms with Crippen LogP contribution in [0.2, 0.25) is 0 Å². The number of thioether (sulfide) groups is 1. The van der Waals surface area contributed by atoms with Gasteiger partial charge in [0.05, 0.1) is 40.2 Å². The predicted molar refractivity (Wildman–Crippen MR) is 128 cm³/mol. The highest BCUT2D eigenvalue weighted by molar-refractivity contribution is 8.03. The predicted octanol–water partition coefficient (Wildman–Crippen LogP) is 4.44. The number of nitriles is 1. The molecule has 0 bridgehead atoms. The Morgan fingerprint density at radius 1 is 1.24 bits per heavy atom. The first-order valence-corrected chi connectivity index (χ1v) is 11.8. The molecule has 1 aromatic carbocycles. The van der Waals surface area contributed by atoms with Crippen molar-refractivity contribution in [2.75, 3.05) is 16.4 Å². The van der Waals surface area contributed by atoms with Crippen LogP contribution in [0.25, 0.3) is 0 Å². The summed E-state index contributed by atoms with van der Waals surface area (Å²) in [5.41, 5.74) is 1.90. The van der Waals surface area contributed by atoms with E-state index in [1.54, 1.807) is 42.8 Å². The van der Waals surface area contributed by atoms with Crippen LogP contribution in [0.3, 0.4) is 0 Å². The fraction of sp³-hybridized carbons (Fsp3) is 0.130. The van der Waals surface area contributed by atoms with Gasteiger partial charge in [-0.2, -0.15) is 5.26 Å². The lowest BCUT2D eigenvalue weighted by Crippen LogP contribution is -2.31. The number of anilines is 2. The average Bonchev–Trinajstić information content (AvgIpc) is 3.52. The summed E-state index contributed by atoms with van der Waals surface area (Å²) in [7, 11) is 0. The van der Waals surface area contributed by atoms with E-state index in [4.69, 9.17) is 4.42 Å². The SMILES string of the molecule is CC1=C(C(=O)Nc2ccccc2)C(c2ccco2)C(C#N)=C(SCC(=O)Nc2nccs2)N1. The zero-order valence-electron chi connectivity index (χ0n) is 17.5. The Balaban J connectivity index is 1.60. The van der Waals surface area contributed by atoms with Crippen LogP contribution in [0, 0.1) is 11.3 Å². The van der Waals surface area contributed by atoms with Crippen molar-refractivity contribution in [3.63, 3.8) is 0 Å². The van der Waals surface area contributed by atoms with Gasteiger partial charge in [0, 0.05) is 23.0 Å². The number of benzene rings is 1. The monoisotopic (exact) mass is 477 g/mol. The Morgan fingerprint density at radius 2 is 2.06 bits per heavy atom. The van der Waals surface area contributed by atoms with E-state index in [9.17, 15) is 14.9 Å². The van der Waals surface area contributed by atoms with Gasteiger partial charge in [-0.05, 0) is 31.2 Å². The lowest BCUT2D eigenvalue weighted by atomic mass is 9.85. The first-order chi connectivity index (χ1) is 16.1. The van der Waals surface area contributed by atoms with Crippen molar-refractivity contribution < 1.29 is 14.0 Å². The summed E-state index contributed by atoms with van der Waals surface area (Å²) < 4.78 is 5.61. The van der Waals surface area contributed by atoms with Gasteiger partial charge in [0.2, 0.25) is 5.91 Å². The molecule has 3 heterocycles. The highest BCUT2D eigenvalue weighted by Gasteiger charge is 2.36. The first kappa shape index (κ1) is 22.4. The summed E-state index contributed by atoms with van der Waals surface area (Å²) in [4.78, 5) is 29.6. The summed E-state index contributed by atoms with van der Waals surface area (Å²) in [6.45, 7) is 1.76. The molecule has 0 radical (unpaired) electrons. The summed E-state index contributed by atoms with van der Waals surface area (Å²) in [5, 5.41) is 21.5. The average molecular weight is 478 g/mol. The van der Waals surface area contributed by atoms with E-state index in [0.29, 0.717) is 38.5 Å². The minimum Gasteiger partial charge on any atom is -0.468 e. The Hall–Kier alpha value is -3.81. The number of rotatable bonds is 7. The summed E-state index contributed by atoms with van der Waals surface area (Å²) >= 11 is 2.51. The number of hydrogen-bond donors (Lipinski definition) is 3. The minimum absolute atomic E-state index is 0.0663. The second-order valence-corrected chi connectivity index (χ2v) is 8.84. The lowest BCUT2D eigenvalue weighted by Gasteiger charge is -2.28. The molecule has 1 atom stereocenters. The minimum atomic E-state index is -0.709. The molecule has 33 heavy (non-hydrogen) atoms. The molecule has 10 heteroatoms. The Labute approximate surface area is 198 Å². The maximum absolute atomic E-state index is 13.2. The van der Waals surface area contributed by atoms with Crippen molar-refractivity contribution >= 4 is 45.7 Å². The van der Waals surface area contributed by atoms with E-state index in [-0.39, 0.29) is 17.6 Å². The van der Waals surface area contributed by atoms with Crippen LogP contribution in [0.1, 0.15) is 18.6 Å². The summed E-state index contributed by atoms with van der Waals surface area (Å²) in [5.74, 6) is -0.761. The van der Waals surface area contributed by atoms with Gasteiger partial charge in [-0.3, -0.25) is 9.59 Å². The Bertz CT molecular complexity index is 1240. The number of carbonyl (C=O) groups is 2. The van der Waals surface area contributed by atoms with E-state index >= 15 is 0 Å². The van der Waals surface area contributed by atoms with Gasteiger partial charge in [0.1, 0.15) is 5.76 Å². The number of hydrogen-bond acceptors (Lipinski definition) is 8. The van der Waals surface area contributed by atoms with Crippen LogP contribution in [0.5, 0.6) is 0 Å². The highest BCUT2D eigenvalue weighted by Crippen LogP contribution is 2.41. The third-order valence-corrected chi connectivity index (χ3v) is 6.48. The van der Waals surface area contributed by atoms with E-state index in [1.165, 1.54) is 29.4 Å². The highest BCUT2D eigenvalue weighted by atomic mass is 32.2. The number of nitrogens with zero attached hydrogens (tertiary/aromatic N) is 2. The molecule has 3 aromatic rings. The fourth-order valence-electron chi connectivity index (χ4n) is 3.37. The third kappa shape index (κ3) is 5.16. The van der Waals surface area contributed by atoms with Crippen LogP contribution in [-0.4, -0.2) is 22.6 Å². The van der Waals surface area contributed by atoms with Crippen molar-refractivity contribution in [3.8, 4) is 6.07 Å². The molecule has 0 fully saturated rings. The van der Waals surface area contributed by atoms with Crippen molar-refractivity contribution in [2.24, 2.45) is 0 Å². The zero-order chi connectivity index (χ0) is 23.2. The van der Waals surface area contributed by atoms with E-state index in [2.05, 4.69) is 27.0 Å². The number of para-hydroxylation sites is 1. The standard InChI is InChI=1S/C23H19N5O3S2/c1-14-19(21(30)27-15-6-3-2-4-7-15)20(17-8-5-10-31-17)16(12-24)22(26-14)33-13-18(29)28-23-25-9-11-32-23/h2-11,20,26H,13H2,1H3,(H,27,30)(H,25,28,29). The number of aromatic nitrogens is 1. The molecule has 2 aromatic heterocycles. The number of carbonyl (C=O) groups excluding carboxylic acids is 2. The van der Waals surface area contributed by atoms with Crippen LogP contribution < -0.4 is 16.0 Å². The van der Waals surface area contributed by atoms with Gasteiger partial charge in [0.25, 0.3) is 5.91 Å². The van der Waals surface area contributed by atoms with Crippen molar-refractivity contribution in [2.45, 2.75) is 12.8 Å².